The van der Waals surface area contributed by atoms with Crippen LogP contribution in [0.5, 0.6) is 0 Å². The first-order valence-electron chi connectivity index (χ1n) is 12.7. The van der Waals surface area contributed by atoms with Crippen LogP contribution in [-0.2, 0) is 19.3 Å². The number of rotatable bonds is 6. The van der Waals surface area contributed by atoms with E-state index in [1.807, 2.05) is 11.8 Å². The van der Waals surface area contributed by atoms with E-state index >= 15 is 0 Å². The van der Waals surface area contributed by atoms with Gasteiger partial charge < -0.3 is 11.1 Å². The molecule has 0 radical (unpaired) electrons. The summed E-state index contributed by atoms with van der Waals surface area (Å²) in [4.78, 5) is 16.1. The molecule has 0 bridgehead atoms. The van der Waals surface area contributed by atoms with Gasteiger partial charge in [0, 0.05) is 16.4 Å². The van der Waals surface area contributed by atoms with E-state index in [0.717, 1.165) is 41.8 Å². The van der Waals surface area contributed by atoms with Crippen molar-refractivity contribution >= 4 is 34.7 Å². The standard InChI is InChI=1S/C30H36ClN3O/c1-5-23-26(31)18-27(32)24(6-2)29(23)33-30(35)34(22-16-14-20(15-17-22)19(3)4)28-13-9-11-21-10-7-8-12-25(21)28/h7-8,10,12,14-19,28H,5-6,9,11,13,32H2,1-4H3,(H,33,35)/t28-/m1/s1. The molecule has 4 rings (SSSR count). The second-order valence-corrected chi connectivity index (χ2v) is 10.0. The first-order valence-corrected chi connectivity index (χ1v) is 13.1. The first-order chi connectivity index (χ1) is 16.8. The molecule has 1 atom stereocenters. The molecule has 5 heteroatoms. The van der Waals surface area contributed by atoms with Gasteiger partial charge in [0.15, 0.2) is 0 Å². The molecule has 0 aliphatic heterocycles. The number of aryl methyl sites for hydroxylation is 1. The van der Waals surface area contributed by atoms with Crippen molar-refractivity contribution in [3.8, 4) is 0 Å². The van der Waals surface area contributed by atoms with Crippen molar-refractivity contribution in [3.63, 3.8) is 0 Å². The molecular weight excluding hydrogens is 454 g/mol. The molecule has 184 valence electrons. The number of amides is 2. The van der Waals surface area contributed by atoms with Gasteiger partial charge in [-0.2, -0.15) is 0 Å². The summed E-state index contributed by atoms with van der Waals surface area (Å²) < 4.78 is 0. The summed E-state index contributed by atoms with van der Waals surface area (Å²) in [5.41, 5.74) is 14.2. The summed E-state index contributed by atoms with van der Waals surface area (Å²) in [6.07, 6.45) is 4.41. The van der Waals surface area contributed by atoms with Gasteiger partial charge in [0.25, 0.3) is 0 Å². The van der Waals surface area contributed by atoms with Crippen LogP contribution in [-0.4, -0.2) is 6.03 Å². The van der Waals surface area contributed by atoms with E-state index in [2.05, 4.69) is 74.6 Å². The quantitative estimate of drug-likeness (QED) is 0.342. The Morgan fingerprint density at radius 1 is 1.09 bits per heavy atom. The molecule has 0 heterocycles. The largest absolute Gasteiger partial charge is 0.398 e. The third-order valence-electron chi connectivity index (χ3n) is 7.17. The van der Waals surface area contributed by atoms with Crippen molar-refractivity contribution in [2.45, 2.75) is 71.8 Å². The van der Waals surface area contributed by atoms with Gasteiger partial charge in [0.2, 0.25) is 0 Å². The molecule has 3 aromatic carbocycles. The Labute approximate surface area is 214 Å². The summed E-state index contributed by atoms with van der Waals surface area (Å²) >= 11 is 6.56. The van der Waals surface area contributed by atoms with Gasteiger partial charge in [-0.15, -0.1) is 0 Å². The minimum absolute atomic E-state index is 0.0449. The van der Waals surface area contributed by atoms with Crippen molar-refractivity contribution < 1.29 is 4.79 Å². The van der Waals surface area contributed by atoms with E-state index in [4.69, 9.17) is 17.3 Å². The number of carbonyl (C=O) groups excluding carboxylic acids is 1. The van der Waals surface area contributed by atoms with Gasteiger partial charge in [-0.25, -0.2) is 4.79 Å². The molecular formula is C30H36ClN3O. The van der Waals surface area contributed by atoms with Gasteiger partial charge in [-0.1, -0.05) is 75.7 Å². The van der Waals surface area contributed by atoms with Crippen molar-refractivity contribution in [1.29, 1.82) is 0 Å². The second kappa shape index (κ2) is 10.7. The summed E-state index contributed by atoms with van der Waals surface area (Å²) in [5, 5.41) is 3.84. The number of fused-ring (bicyclic) bond motifs is 1. The average molecular weight is 490 g/mol. The maximum absolute atomic E-state index is 14.1. The highest BCUT2D eigenvalue weighted by Crippen LogP contribution is 2.39. The van der Waals surface area contributed by atoms with Crippen LogP contribution in [0, 0.1) is 0 Å². The SMILES string of the molecule is CCc1c(N)cc(Cl)c(CC)c1NC(=O)N(c1ccc(C(C)C)cc1)[C@@H]1CCCc2ccccc21. The van der Waals surface area contributed by atoms with Crippen molar-refractivity contribution in [2.24, 2.45) is 0 Å². The van der Waals surface area contributed by atoms with E-state index in [-0.39, 0.29) is 12.1 Å². The Bertz CT molecular complexity index is 1170. The number of nitrogens with two attached hydrogens (primary N) is 1. The summed E-state index contributed by atoms with van der Waals surface area (Å²) in [5.74, 6) is 0.426. The van der Waals surface area contributed by atoms with Crippen molar-refractivity contribution in [3.05, 3.63) is 87.4 Å². The molecule has 0 fully saturated rings. The molecule has 0 saturated heterocycles. The number of nitrogens with one attached hydrogen (secondary N) is 1. The van der Waals surface area contributed by atoms with Gasteiger partial charge in [0.05, 0.1) is 11.7 Å². The zero-order valence-electron chi connectivity index (χ0n) is 21.2. The number of nitrogen functional groups attached to an aromatic ring is 1. The molecule has 0 spiro atoms. The first kappa shape index (κ1) is 25.1. The minimum atomic E-state index is -0.157. The van der Waals surface area contributed by atoms with E-state index in [1.165, 1.54) is 16.7 Å². The number of benzene rings is 3. The molecule has 0 aromatic heterocycles. The van der Waals surface area contributed by atoms with Crippen LogP contribution in [0.15, 0.2) is 54.6 Å². The van der Waals surface area contributed by atoms with E-state index in [1.54, 1.807) is 6.07 Å². The predicted octanol–water partition coefficient (Wildman–Crippen LogP) is 8.29. The maximum Gasteiger partial charge on any atom is 0.326 e. The molecule has 4 nitrogen and oxygen atoms in total. The predicted molar refractivity (Wildman–Crippen MR) is 149 cm³/mol. The van der Waals surface area contributed by atoms with E-state index in [0.29, 0.717) is 29.5 Å². The topological polar surface area (TPSA) is 58.4 Å². The van der Waals surface area contributed by atoms with Gasteiger partial charge in [0.1, 0.15) is 0 Å². The lowest BCUT2D eigenvalue weighted by molar-refractivity contribution is 0.254. The Morgan fingerprint density at radius 2 is 1.77 bits per heavy atom. The molecule has 1 aliphatic carbocycles. The third kappa shape index (κ3) is 5.04. The number of urea groups is 1. The smallest absolute Gasteiger partial charge is 0.326 e. The fourth-order valence-corrected chi connectivity index (χ4v) is 5.60. The molecule has 0 saturated carbocycles. The highest BCUT2D eigenvalue weighted by molar-refractivity contribution is 6.32. The van der Waals surface area contributed by atoms with Gasteiger partial charge in [-0.3, -0.25) is 4.90 Å². The Morgan fingerprint density at radius 3 is 2.43 bits per heavy atom. The zero-order chi connectivity index (χ0) is 25.1. The van der Waals surface area contributed by atoms with Crippen LogP contribution in [0.1, 0.15) is 80.3 Å². The maximum atomic E-state index is 14.1. The van der Waals surface area contributed by atoms with E-state index < -0.39 is 0 Å². The van der Waals surface area contributed by atoms with E-state index in [9.17, 15) is 4.79 Å². The summed E-state index contributed by atoms with van der Waals surface area (Å²) in [7, 11) is 0. The van der Waals surface area contributed by atoms with Crippen LogP contribution in [0.4, 0.5) is 21.9 Å². The normalized spacial score (nSPS) is 15.1. The number of anilines is 3. The summed E-state index contributed by atoms with van der Waals surface area (Å²) in [6, 6.07) is 18.5. The van der Waals surface area contributed by atoms with Gasteiger partial charge >= 0.3 is 6.03 Å². The fraction of sp³-hybridized carbons (Fsp3) is 0.367. The number of hydrogen-bond donors (Lipinski definition) is 2. The Balaban J connectivity index is 1.80. The molecule has 2 amide bonds. The Hall–Kier alpha value is -2.98. The van der Waals surface area contributed by atoms with Crippen LogP contribution >= 0.6 is 11.6 Å². The summed E-state index contributed by atoms with van der Waals surface area (Å²) in [6.45, 7) is 8.46. The molecule has 3 N–H and O–H groups in total. The monoisotopic (exact) mass is 489 g/mol. The number of nitrogens with zero attached hydrogens (tertiary/aromatic N) is 1. The molecule has 0 unspecified atom stereocenters. The van der Waals surface area contributed by atoms with Crippen molar-refractivity contribution in [2.75, 3.05) is 16.0 Å². The lowest BCUT2D eigenvalue weighted by atomic mass is 9.86. The third-order valence-corrected chi connectivity index (χ3v) is 7.50. The number of hydrogen-bond acceptors (Lipinski definition) is 2. The van der Waals surface area contributed by atoms with Crippen LogP contribution in [0.25, 0.3) is 0 Å². The lowest BCUT2D eigenvalue weighted by Gasteiger charge is -2.36. The number of halogens is 1. The lowest BCUT2D eigenvalue weighted by Crippen LogP contribution is -2.40. The van der Waals surface area contributed by atoms with Crippen LogP contribution in [0.2, 0.25) is 5.02 Å². The molecule has 3 aromatic rings. The Kier molecular flexibility index (Phi) is 7.71. The molecule has 35 heavy (non-hydrogen) atoms. The average Bonchev–Trinajstić information content (AvgIpc) is 2.85. The van der Waals surface area contributed by atoms with Crippen LogP contribution in [0.3, 0.4) is 0 Å². The molecule has 1 aliphatic rings. The minimum Gasteiger partial charge on any atom is -0.398 e. The second-order valence-electron chi connectivity index (χ2n) is 9.64. The zero-order valence-corrected chi connectivity index (χ0v) is 22.0. The highest BCUT2D eigenvalue weighted by Gasteiger charge is 2.31. The van der Waals surface area contributed by atoms with Crippen molar-refractivity contribution in [1.82, 2.24) is 0 Å². The van der Waals surface area contributed by atoms with Gasteiger partial charge in [-0.05, 0) is 84.0 Å². The van der Waals surface area contributed by atoms with Crippen LogP contribution < -0.4 is 16.0 Å². The highest BCUT2D eigenvalue weighted by atomic mass is 35.5. The number of carbonyl (C=O) groups is 1. The fourth-order valence-electron chi connectivity index (χ4n) is 5.26.